The summed E-state index contributed by atoms with van der Waals surface area (Å²) in [4.78, 5) is 4.32. The molecule has 2 aromatic rings. The Kier molecular flexibility index (Phi) is 4.54. The number of halogens is 1. The highest BCUT2D eigenvalue weighted by molar-refractivity contribution is 5.85. The van der Waals surface area contributed by atoms with E-state index in [9.17, 15) is 0 Å². The number of nitrogens with zero attached hydrogens (tertiary/aromatic N) is 1. The van der Waals surface area contributed by atoms with Gasteiger partial charge in [-0.25, -0.2) is 4.98 Å². The van der Waals surface area contributed by atoms with E-state index in [4.69, 9.17) is 14.9 Å². The molecule has 0 spiro atoms. The molecule has 1 heterocycles. The molecule has 2 N–H and O–H groups in total. The first-order valence-electron chi connectivity index (χ1n) is 5.05. The van der Waals surface area contributed by atoms with Gasteiger partial charge in [0.15, 0.2) is 0 Å². The van der Waals surface area contributed by atoms with Crippen molar-refractivity contribution in [1.29, 1.82) is 0 Å². The standard InChI is InChI=1S/C12H14N2O2.ClH/c1-8-11(7-13)14-12(16-8)9-3-5-10(15-2)6-4-9;/h3-6H,7,13H2,1-2H3;1H. The third kappa shape index (κ3) is 2.78. The van der Waals surface area contributed by atoms with Crippen molar-refractivity contribution in [3.05, 3.63) is 35.7 Å². The van der Waals surface area contributed by atoms with Crippen LogP contribution in [0.5, 0.6) is 5.75 Å². The van der Waals surface area contributed by atoms with E-state index in [-0.39, 0.29) is 12.4 Å². The van der Waals surface area contributed by atoms with Crippen molar-refractivity contribution in [3.8, 4) is 17.2 Å². The Labute approximate surface area is 106 Å². The van der Waals surface area contributed by atoms with Gasteiger partial charge in [0.05, 0.1) is 12.8 Å². The van der Waals surface area contributed by atoms with Gasteiger partial charge in [0.25, 0.3) is 0 Å². The quantitative estimate of drug-likeness (QED) is 0.914. The van der Waals surface area contributed by atoms with Crippen LogP contribution >= 0.6 is 12.4 Å². The first kappa shape index (κ1) is 13.5. The van der Waals surface area contributed by atoms with E-state index in [1.165, 1.54) is 0 Å². The van der Waals surface area contributed by atoms with Crippen LogP contribution < -0.4 is 10.5 Å². The Bertz CT molecular complexity index is 480. The van der Waals surface area contributed by atoms with Crippen LogP contribution in [0.3, 0.4) is 0 Å². The Morgan fingerprint density at radius 1 is 1.29 bits per heavy atom. The highest BCUT2D eigenvalue weighted by Crippen LogP contribution is 2.23. The maximum absolute atomic E-state index is 5.55. The molecule has 0 aliphatic rings. The molecular weight excluding hydrogens is 240 g/mol. The molecule has 0 aliphatic heterocycles. The fourth-order valence-electron chi connectivity index (χ4n) is 1.47. The normalized spacial score (nSPS) is 9.82. The lowest BCUT2D eigenvalue weighted by Gasteiger charge is -1.99. The first-order chi connectivity index (χ1) is 7.74. The fourth-order valence-corrected chi connectivity index (χ4v) is 1.47. The van der Waals surface area contributed by atoms with E-state index in [1.54, 1.807) is 7.11 Å². The molecule has 0 saturated carbocycles. The Hall–Kier alpha value is -1.52. The molecule has 4 nitrogen and oxygen atoms in total. The number of ether oxygens (including phenoxy) is 1. The largest absolute Gasteiger partial charge is 0.497 e. The number of hydrogen-bond acceptors (Lipinski definition) is 4. The third-order valence-corrected chi connectivity index (χ3v) is 2.42. The molecule has 1 aromatic carbocycles. The molecule has 0 aliphatic carbocycles. The van der Waals surface area contributed by atoms with E-state index in [0.717, 1.165) is 22.8 Å². The molecule has 2 rings (SSSR count). The lowest BCUT2D eigenvalue weighted by atomic mass is 10.2. The fraction of sp³-hybridized carbons (Fsp3) is 0.250. The molecule has 0 saturated heterocycles. The minimum atomic E-state index is 0. The summed E-state index contributed by atoms with van der Waals surface area (Å²) >= 11 is 0. The number of benzene rings is 1. The molecule has 1 aromatic heterocycles. The van der Waals surface area contributed by atoms with Crippen molar-refractivity contribution in [2.75, 3.05) is 7.11 Å². The van der Waals surface area contributed by atoms with Crippen molar-refractivity contribution >= 4 is 12.4 Å². The summed E-state index contributed by atoms with van der Waals surface area (Å²) in [6, 6.07) is 7.56. The molecule has 5 heteroatoms. The second-order valence-corrected chi connectivity index (χ2v) is 3.45. The van der Waals surface area contributed by atoms with Gasteiger partial charge in [-0.1, -0.05) is 0 Å². The van der Waals surface area contributed by atoms with Crippen LogP contribution in [0.25, 0.3) is 11.5 Å². The van der Waals surface area contributed by atoms with Crippen LogP contribution in [0.2, 0.25) is 0 Å². The van der Waals surface area contributed by atoms with Gasteiger partial charge in [-0.15, -0.1) is 12.4 Å². The van der Waals surface area contributed by atoms with Crippen molar-refractivity contribution in [1.82, 2.24) is 4.98 Å². The van der Waals surface area contributed by atoms with Crippen molar-refractivity contribution in [2.24, 2.45) is 5.73 Å². The second kappa shape index (κ2) is 5.70. The van der Waals surface area contributed by atoms with Crippen molar-refractivity contribution < 1.29 is 9.15 Å². The summed E-state index contributed by atoms with van der Waals surface area (Å²) in [5, 5.41) is 0. The van der Waals surface area contributed by atoms with Gasteiger partial charge in [0.1, 0.15) is 11.5 Å². The van der Waals surface area contributed by atoms with Gasteiger partial charge in [0, 0.05) is 12.1 Å². The van der Waals surface area contributed by atoms with Crippen LogP contribution in [-0.4, -0.2) is 12.1 Å². The molecule has 0 amide bonds. The lowest BCUT2D eigenvalue weighted by Crippen LogP contribution is -1.97. The van der Waals surface area contributed by atoms with Crippen LogP contribution in [-0.2, 0) is 6.54 Å². The predicted octanol–water partition coefficient (Wildman–Crippen LogP) is 2.54. The Balaban J connectivity index is 0.00000144. The van der Waals surface area contributed by atoms with Crippen LogP contribution in [0, 0.1) is 6.92 Å². The van der Waals surface area contributed by atoms with E-state index in [2.05, 4.69) is 4.98 Å². The van der Waals surface area contributed by atoms with Gasteiger partial charge in [-0.2, -0.15) is 0 Å². The Morgan fingerprint density at radius 2 is 1.94 bits per heavy atom. The van der Waals surface area contributed by atoms with Gasteiger partial charge >= 0.3 is 0 Å². The number of hydrogen-bond donors (Lipinski definition) is 1. The number of oxazole rings is 1. The summed E-state index contributed by atoms with van der Waals surface area (Å²) in [5.74, 6) is 2.18. The third-order valence-electron chi connectivity index (χ3n) is 2.42. The monoisotopic (exact) mass is 254 g/mol. The van der Waals surface area contributed by atoms with E-state index < -0.39 is 0 Å². The molecular formula is C12H15ClN2O2. The van der Waals surface area contributed by atoms with Crippen LogP contribution in [0.1, 0.15) is 11.5 Å². The minimum absolute atomic E-state index is 0. The SMILES string of the molecule is COc1ccc(-c2nc(CN)c(C)o2)cc1.Cl. The summed E-state index contributed by atoms with van der Waals surface area (Å²) in [7, 11) is 1.64. The second-order valence-electron chi connectivity index (χ2n) is 3.45. The van der Waals surface area contributed by atoms with Crippen LogP contribution in [0.4, 0.5) is 0 Å². The summed E-state index contributed by atoms with van der Waals surface area (Å²) in [6.45, 7) is 2.26. The number of aromatic nitrogens is 1. The zero-order chi connectivity index (χ0) is 11.5. The van der Waals surface area contributed by atoms with Gasteiger partial charge in [-0.05, 0) is 31.2 Å². The van der Waals surface area contributed by atoms with Gasteiger partial charge in [-0.3, -0.25) is 0 Å². The van der Waals surface area contributed by atoms with Gasteiger partial charge < -0.3 is 14.9 Å². The molecule has 0 fully saturated rings. The van der Waals surface area contributed by atoms with Crippen molar-refractivity contribution in [3.63, 3.8) is 0 Å². The first-order valence-corrected chi connectivity index (χ1v) is 5.05. The molecule has 0 bridgehead atoms. The molecule has 0 unspecified atom stereocenters. The average molecular weight is 255 g/mol. The number of rotatable bonds is 3. The zero-order valence-corrected chi connectivity index (χ0v) is 10.6. The zero-order valence-electron chi connectivity index (χ0n) is 9.77. The topological polar surface area (TPSA) is 61.3 Å². The molecule has 92 valence electrons. The Morgan fingerprint density at radius 3 is 2.41 bits per heavy atom. The van der Waals surface area contributed by atoms with E-state index >= 15 is 0 Å². The number of aryl methyl sites for hydroxylation is 1. The predicted molar refractivity (Wildman–Crippen MR) is 68.4 cm³/mol. The number of methoxy groups -OCH3 is 1. The highest BCUT2D eigenvalue weighted by atomic mass is 35.5. The van der Waals surface area contributed by atoms with Crippen molar-refractivity contribution in [2.45, 2.75) is 13.5 Å². The van der Waals surface area contributed by atoms with Gasteiger partial charge in [0.2, 0.25) is 5.89 Å². The summed E-state index contributed by atoms with van der Waals surface area (Å²) < 4.78 is 10.6. The molecule has 17 heavy (non-hydrogen) atoms. The maximum Gasteiger partial charge on any atom is 0.226 e. The molecule has 0 radical (unpaired) electrons. The summed E-state index contributed by atoms with van der Waals surface area (Å²) in [5.41, 5.74) is 7.26. The lowest BCUT2D eigenvalue weighted by molar-refractivity contribution is 0.415. The van der Waals surface area contributed by atoms with E-state index in [1.807, 2.05) is 31.2 Å². The number of nitrogens with two attached hydrogens (primary N) is 1. The minimum Gasteiger partial charge on any atom is -0.497 e. The maximum atomic E-state index is 5.55. The smallest absolute Gasteiger partial charge is 0.226 e. The summed E-state index contributed by atoms with van der Waals surface area (Å²) in [6.07, 6.45) is 0. The molecule has 0 atom stereocenters. The van der Waals surface area contributed by atoms with E-state index in [0.29, 0.717) is 12.4 Å². The highest BCUT2D eigenvalue weighted by Gasteiger charge is 2.09. The average Bonchev–Trinajstić information content (AvgIpc) is 2.71. The van der Waals surface area contributed by atoms with Crippen LogP contribution in [0.15, 0.2) is 28.7 Å².